The summed E-state index contributed by atoms with van der Waals surface area (Å²) in [5, 5.41) is 2.93. The summed E-state index contributed by atoms with van der Waals surface area (Å²) < 4.78 is 19.8. The molecule has 0 spiro atoms. The lowest BCUT2D eigenvalue weighted by Crippen LogP contribution is -2.44. The lowest BCUT2D eigenvalue weighted by atomic mass is 9.96. The third-order valence-corrected chi connectivity index (χ3v) is 4.55. The molecule has 1 aliphatic heterocycles. The van der Waals surface area contributed by atoms with E-state index in [0.717, 1.165) is 18.7 Å². The number of carbonyl (C=O) groups excluding carboxylic acids is 1. The predicted molar refractivity (Wildman–Crippen MR) is 95.7 cm³/mol. The minimum absolute atomic E-state index is 0.0987. The maximum absolute atomic E-state index is 14.5. The van der Waals surface area contributed by atoms with Crippen LogP contribution in [0.5, 0.6) is 0 Å². The fourth-order valence-corrected chi connectivity index (χ4v) is 2.91. The highest BCUT2D eigenvalue weighted by atomic mass is 19.1. The van der Waals surface area contributed by atoms with Crippen LogP contribution in [0.25, 0.3) is 11.1 Å². The summed E-state index contributed by atoms with van der Waals surface area (Å²) in [5.74, 6) is -0.810. The predicted octanol–water partition coefficient (Wildman–Crippen LogP) is 3.00. The minimum Gasteiger partial charge on any atom is -0.379 e. The fraction of sp³-hybridized carbons (Fsp3) is 0.350. The van der Waals surface area contributed by atoms with Crippen LogP contribution in [0.3, 0.4) is 0 Å². The molecule has 25 heavy (non-hydrogen) atoms. The molecule has 1 atom stereocenters. The molecule has 3 rings (SSSR count). The van der Waals surface area contributed by atoms with Gasteiger partial charge in [-0.1, -0.05) is 42.5 Å². The van der Waals surface area contributed by atoms with Gasteiger partial charge in [0.1, 0.15) is 5.82 Å². The number of carbonyl (C=O) groups is 1. The van der Waals surface area contributed by atoms with E-state index >= 15 is 0 Å². The standard InChI is InChI=1S/C20H23FN2O2/c1-15(20(24)22-14-23-9-11-25-12-10-23)17-7-8-18(19(21)13-17)16-5-3-2-4-6-16/h2-8,13,15H,9-12,14H2,1H3,(H,22,24). The molecule has 4 nitrogen and oxygen atoms in total. The van der Waals surface area contributed by atoms with Crippen molar-refractivity contribution in [1.29, 1.82) is 0 Å². The van der Waals surface area contributed by atoms with Crippen molar-refractivity contribution in [2.75, 3.05) is 33.0 Å². The Bertz CT molecular complexity index is 715. The Balaban J connectivity index is 1.64. The molecule has 0 bridgehead atoms. The van der Waals surface area contributed by atoms with Gasteiger partial charge < -0.3 is 10.1 Å². The SMILES string of the molecule is CC(C(=O)NCN1CCOCC1)c1ccc(-c2ccccc2)c(F)c1. The van der Waals surface area contributed by atoms with Crippen molar-refractivity contribution < 1.29 is 13.9 Å². The van der Waals surface area contributed by atoms with E-state index in [-0.39, 0.29) is 11.7 Å². The van der Waals surface area contributed by atoms with Gasteiger partial charge in [0.05, 0.1) is 25.8 Å². The van der Waals surface area contributed by atoms with Crippen molar-refractivity contribution in [2.24, 2.45) is 0 Å². The zero-order chi connectivity index (χ0) is 17.6. The van der Waals surface area contributed by atoms with Crippen LogP contribution in [0.1, 0.15) is 18.4 Å². The van der Waals surface area contributed by atoms with Gasteiger partial charge in [0.25, 0.3) is 0 Å². The molecule has 1 fully saturated rings. The van der Waals surface area contributed by atoms with E-state index in [4.69, 9.17) is 4.74 Å². The number of hydrogen-bond donors (Lipinski definition) is 1. The largest absolute Gasteiger partial charge is 0.379 e. The fourth-order valence-electron chi connectivity index (χ4n) is 2.91. The number of halogens is 1. The van der Waals surface area contributed by atoms with E-state index in [9.17, 15) is 9.18 Å². The summed E-state index contributed by atoms with van der Waals surface area (Å²) in [5.41, 5.74) is 2.05. The number of rotatable bonds is 5. The maximum atomic E-state index is 14.5. The molecule has 5 heteroatoms. The Labute approximate surface area is 147 Å². The van der Waals surface area contributed by atoms with Gasteiger partial charge in [-0.2, -0.15) is 0 Å². The van der Waals surface area contributed by atoms with Gasteiger partial charge in [0.15, 0.2) is 0 Å². The van der Waals surface area contributed by atoms with Crippen LogP contribution in [-0.4, -0.2) is 43.8 Å². The number of amides is 1. The third-order valence-electron chi connectivity index (χ3n) is 4.55. The molecular weight excluding hydrogens is 319 g/mol. The van der Waals surface area contributed by atoms with Gasteiger partial charge in [0.2, 0.25) is 5.91 Å². The summed E-state index contributed by atoms with van der Waals surface area (Å²) in [6, 6.07) is 14.4. The minimum atomic E-state index is -0.402. The molecule has 1 unspecified atom stereocenters. The average Bonchev–Trinajstić information content (AvgIpc) is 2.67. The van der Waals surface area contributed by atoms with E-state index in [2.05, 4.69) is 10.2 Å². The average molecular weight is 342 g/mol. The molecule has 1 saturated heterocycles. The lowest BCUT2D eigenvalue weighted by Gasteiger charge is -2.27. The molecule has 1 amide bonds. The zero-order valence-corrected chi connectivity index (χ0v) is 14.4. The zero-order valence-electron chi connectivity index (χ0n) is 14.4. The summed E-state index contributed by atoms with van der Waals surface area (Å²) in [6.45, 7) is 5.31. The van der Waals surface area contributed by atoms with Crippen molar-refractivity contribution in [3.8, 4) is 11.1 Å². The van der Waals surface area contributed by atoms with E-state index in [1.807, 2.05) is 36.4 Å². The third kappa shape index (κ3) is 4.44. The number of benzene rings is 2. The Morgan fingerprint density at radius 2 is 1.92 bits per heavy atom. The van der Waals surface area contributed by atoms with Crippen LogP contribution in [-0.2, 0) is 9.53 Å². The van der Waals surface area contributed by atoms with Gasteiger partial charge in [-0.15, -0.1) is 0 Å². The lowest BCUT2D eigenvalue weighted by molar-refractivity contribution is -0.123. The topological polar surface area (TPSA) is 41.6 Å². The van der Waals surface area contributed by atoms with Crippen molar-refractivity contribution in [2.45, 2.75) is 12.8 Å². The second kappa shape index (κ2) is 8.23. The first-order chi connectivity index (χ1) is 12.1. The maximum Gasteiger partial charge on any atom is 0.228 e. The van der Waals surface area contributed by atoms with Crippen molar-refractivity contribution in [3.05, 3.63) is 59.9 Å². The number of hydrogen-bond acceptors (Lipinski definition) is 3. The Morgan fingerprint density at radius 1 is 1.20 bits per heavy atom. The molecule has 0 aromatic heterocycles. The normalized spacial score (nSPS) is 16.4. The number of morpholine rings is 1. The molecule has 1 aliphatic rings. The van der Waals surface area contributed by atoms with Crippen LogP contribution in [0.15, 0.2) is 48.5 Å². The highest BCUT2D eigenvalue weighted by molar-refractivity contribution is 5.83. The van der Waals surface area contributed by atoms with Crippen molar-refractivity contribution in [3.63, 3.8) is 0 Å². The highest BCUT2D eigenvalue weighted by Gasteiger charge is 2.18. The molecule has 0 saturated carbocycles. The van der Waals surface area contributed by atoms with Crippen LogP contribution in [0.4, 0.5) is 4.39 Å². The van der Waals surface area contributed by atoms with Crippen molar-refractivity contribution in [1.82, 2.24) is 10.2 Å². The molecule has 0 radical (unpaired) electrons. The molecule has 1 heterocycles. The van der Waals surface area contributed by atoms with Crippen LogP contribution < -0.4 is 5.32 Å². The summed E-state index contributed by atoms with van der Waals surface area (Å²) in [4.78, 5) is 14.5. The monoisotopic (exact) mass is 342 g/mol. The van der Waals surface area contributed by atoms with E-state index in [0.29, 0.717) is 31.0 Å². The second-order valence-electron chi connectivity index (χ2n) is 6.26. The molecule has 0 aliphatic carbocycles. The van der Waals surface area contributed by atoms with Crippen LogP contribution >= 0.6 is 0 Å². The Kier molecular flexibility index (Phi) is 5.79. The first kappa shape index (κ1) is 17.6. The van der Waals surface area contributed by atoms with E-state index in [1.165, 1.54) is 6.07 Å². The van der Waals surface area contributed by atoms with Crippen LogP contribution in [0.2, 0.25) is 0 Å². The van der Waals surface area contributed by atoms with Gasteiger partial charge >= 0.3 is 0 Å². The Hall–Kier alpha value is -2.24. The smallest absolute Gasteiger partial charge is 0.228 e. The number of nitrogens with one attached hydrogen (secondary N) is 1. The molecule has 2 aromatic carbocycles. The first-order valence-corrected chi connectivity index (χ1v) is 8.58. The first-order valence-electron chi connectivity index (χ1n) is 8.58. The van der Waals surface area contributed by atoms with E-state index in [1.54, 1.807) is 13.0 Å². The van der Waals surface area contributed by atoms with Gasteiger partial charge in [0, 0.05) is 18.7 Å². The van der Waals surface area contributed by atoms with E-state index < -0.39 is 5.92 Å². The molecule has 132 valence electrons. The van der Waals surface area contributed by atoms with Gasteiger partial charge in [-0.25, -0.2) is 4.39 Å². The van der Waals surface area contributed by atoms with Gasteiger partial charge in [-0.3, -0.25) is 9.69 Å². The Morgan fingerprint density at radius 3 is 2.60 bits per heavy atom. The van der Waals surface area contributed by atoms with Crippen LogP contribution in [0, 0.1) is 5.82 Å². The molecule has 1 N–H and O–H groups in total. The molecular formula is C20H23FN2O2. The van der Waals surface area contributed by atoms with Crippen molar-refractivity contribution >= 4 is 5.91 Å². The second-order valence-corrected chi connectivity index (χ2v) is 6.26. The highest BCUT2D eigenvalue weighted by Crippen LogP contribution is 2.26. The summed E-state index contributed by atoms with van der Waals surface area (Å²) in [6.07, 6.45) is 0. The number of nitrogens with zero attached hydrogens (tertiary/aromatic N) is 1. The summed E-state index contributed by atoms with van der Waals surface area (Å²) >= 11 is 0. The summed E-state index contributed by atoms with van der Waals surface area (Å²) in [7, 11) is 0. The quantitative estimate of drug-likeness (QED) is 0.908. The molecule has 2 aromatic rings. The van der Waals surface area contributed by atoms with Gasteiger partial charge in [-0.05, 0) is 24.1 Å². The number of ether oxygens (including phenoxy) is 1.